The summed E-state index contributed by atoms with van der Waals surface area (Å²) < 4.78 is 5.03. The van der Waals surface area contributed by atoms with Gasteiger partial charge in [-0.15, -0.1) is 0 Å². The summed E-state index contributed by atoms with van der Waals surface area (Å²) in [6, 6.07) is 0.0994. The van der Waals surface area contributed by atoms with E-state index in [2.05, 4.69) is 24.1 Å². The van der Waals surface area contributed by atoms with E-state index in [0.29, 0.717) is 42.9 Å². The van der Waals surface area contributed by atoms with Gasteiger partial charge in [-0.05, 0) is 38.0 Å². The van der Waals surface area contributed by atoms with Crippen LogP contribution in [0.2, 0.25) is 0 Å². The van der Waals surface area contributed by atoms with Crippen LogP contribution in [0.1, 0.15) is 40.0 Å². The fraction of sp³-hybridized carbons (Fsp3) is 0.737. The van der Waals surface area contributed by atoms with Crippen molar-refractivity contribution >= 4 is 17.5 Å². The molecule has 26 heavy (non-hydrogen) atoms. The Balaban J connectivity index is 1.63. The Morgan fingerprint density at radius 1 is 1.12 bits per heavy atom. The van der Waals surface area contributed by atoms with E-state index >= 15 is 0 Å². The Hall–Kier alpha value is -2.05. The van der Waals surface area contributed by atoms with Crippen molar-refractivity contribution in [3.63, 3.8) is 0 Å². The van der Waals surface area contributed by atoms with Crippen LogP contribution in [0, 0.1) is 11.8 Å². The highest BCUT2D eigenvalue weighted by Gasteiger charge is 2.32. The third-order valence-corrected chi connectivity index (χ3v) is 5.44. The number of piperidine rings is 2. The van der Waals surface area contributed by atoms with Gasteiger partial charge in [0.05, 0.1) is 6.61 Å². The molecule has 0 unspecified atom stereocenters. The van der Waals surface area contributed by atoms with Crippen molar-refractivity contribution in [3.8, 4) is 0 Å². The van der Waals surface area contributed by atoms with Gasteiger partial charge in [0, 0.05) is 32.2 Å². The SMILES string of the molecule is CCOC(=O)N1CCC(Nc2c(N3C[C@@H](C)C[C@H](C)C3)c(=O)c2=O)CC1. The van der Waals surface area contributed by atoms with E-state index in [1.54, 1.807) is 11.8 Å². The van der Waals surface area contributed by atoms with E-state index in [4.69, 9.17) is 4.74 Å². The molecule has 0 bridgehead atoms. The molecule has 0 aromatic heterocycles. The zero-order valence-corrected chi connectivity index (χ0v) is 15.9. The Bertz CT molecular complexity index is 707. The standard InChI is InChI=1S/C19H29N3O4/c1-4-26-19(25)21-7-5-14(6-8-21)20-15-16(18(24)17(15)23)22-10-12(2)9-13(3)11-22/h12-14,20H,4-11H2,1-3H3/t12-,13-/m0/s1. The predicted molar refractivity (Wildman–Crippen MR) is 102 cm³/mol. The molecule has 2 aliphatic heterocycles. The molecule has 0 aliphatic carbocycles. The number of amides is 1. The van der Waals surface area contributed by atoms with Gasteiger partial charge in [-0.25, -0.2) is 4.79 Å². The summed E-state index contributed by atoms with van der Waals surface area (Å²) >= 11 is 0. The maximum absolute atomic E-state index is 12.2. The van der Waals surface area contributed by atoms with Crippen LogP contribution < -0.4 is 21.1 Å². The van der Waals surface area contributed by atoms with Crippen LogP contribution in [-0.4, -0.2) is 49.8 Å². The van der Waals surface area contributed by atoms with E-state index < -0.39 is 5.43 Å². The van der Waals surface area contributed by atoms with Crippen LogP contribution in [-0.2, 0) is 4.74 Å². The number of ether oxygens (including phenoxy) is 1. The summed E-state index contributed by atoms with van der Waals surface area (Å²) in [5.41, 5.74) is 0.281. The molecular weight excluding hydrogens is 334 g/mol. The van der Waals surface area contributed by atoms with E-state index in [1.807, 2.05) is 0 Å². The van der Waals surface area contributed by atoms with Crippen molar-refractivity contribution in [1.82, 2.24) is 4.90 Å². The second-order valence-corrected chi connectivity index (χ2v) is 7.84. The quantitative estimate of drug-likeness (QED) is 0.822. The average molecular weight is 363 g/mol. The molecule has 2 fully saturated rings. The number of carbonyl (C=O) groups is 1. The first-order valence-corrected chi connectivity index (χ1v) is 9.67. The van der Waals surface area contributed by atoms with Crippen LogP contribution in [0.4, 0.5) is 16.2 Å². The van der Waals surface area contributed by atoms with E-state index in [1.165, 1.54) is 0 Å². The lowest BCUT2D eigenvalue weighted by molar-refractivity contribution is 0.0983. The molecule has 0 radical (unpaired) electrons. The van der Waals surface area contributed by atoms with Gasteiger partial charge in [-0.3, -0.25) is 9.59 Å². The van der Waals surface area contributed by atoms with Gasteiger partial charge < -0.3 is 19.9 Å². The van der Waals surface area contributed by atoms with Gasteiger partial charge in [0.1, 0.15) is 11.4 Å². The summed E-state index contributed by atoms with van der Waals surface area (Å²) in [5.74, 6) is 1.03. The van der Waals surface area contributed by atoms with Crippen molar-refractivity contribution < 1.29 is 9.53 Å². The lowest BCUT2D eigenvalue weighted by atomic mass is 9.91. The number of hydrogen-bond donors (Lipinski definition) is 1. The molecule has 1 N–H and O–H groups in total. The molecule has 0 saturated carbocycles. The highest BCUT2D eigenvalue weighted by Crippen LogP contribution is 2.29. The number of nitrogens with zero attached hydrogens (tertiary/aromatic N) is 2. The van der Waals surface area contributed by atoms with Crippen LogP contribution >= 0.6 is 0 Å². The number of hydrogen-bond acceptors (Lipinski definition) is 6. The first-order valence-electron chi connectivity index (χ1n) is 9.67. The molecular formula is C19H29N3O4. The second-order valence-electron chi connectivity index (χ2n) is 7.84. The topological polar surface area (TPSA) is 79.0 Å². The van der Waals surface area contributed by atoms with Gasteiger partial charge >= 0.3 is 6.09 Å². The van der Waals surface area contributed by atoms with E-state index in [-0.39, 0.29) is 17.6 Å². The van der Waals surface area contributed by atoms with Crippen LogP contribution in [0.3, 0.4) is 0 Å². The molecule has 1 aromatic carbocycles. The normalized spacial score (nSPS) is 24.7. The van der Waals surface area contributed by atoms with Gasteiger partial charge in [0.15, 0.2) is 0 Å². The average Bonchev–Trinajstić information content (AvgIpc) is 2.61. The lowest BCUT2D eigenvalue weighted by Crippen LogP contribution is -2.49. The molecule has 2 aliphatic rings. The number of anilines is 2. The van der Waals surface area contributed by atoms with E-state index in [0.717, 1.165) is 32.4 Å². The molecule has 7 nitrogen and oxygen atoms in total. The zero-order chi connectivity index (χ0) is 18.8. The van der Waals surface area contributed by atoms with Gasteiger partial charge in [-0.2, -0.15) is 0 Å². The summed E-state index contributed by atoms with van der Waals surface area (Å²) in [5, 5.41) is 3.29. The summed E-state index contributed by atoms with van der Waals surface area (Å²) in [6.07, 6.45) is 2.35. The minimum absolute atomic E-state index is 0.0994. The smallest absolute Gasteiger partial charge is 0.409 e. The van der Waals surface area contributed by atoms with Crippen molar-refractivity contribution in [2.24, 2.45) is 11.8 Å². The second kappa shape index (κ2) is 7.68. The third kappa shape index (κ3) is 3.71. The zero-order valence-electron chi connectivity index (χ0n) is 15.9. The third-order valence-electron chi connectivity index (χ3n) is 5.44. The predicted octanol–water partition coefficient (Wildman–Crippen LogP) is 1.80. The minimum atomic E-state index is -0.404. The van der Waals surface area contributed by atoms with Crippen LogP contribution in [0.25, 0.3) is 0 Å². The molecule has 2 saturated heterocycles. The number of rotatable bonds is 4. The highest BCUT2D eigenvalue weighted by molar-refractivity contribution is 5.75. The van der Waals surface area contributed by atoms with Crippen molar-refractivity contribution in [1.29, 1.82) is 0 Å². The maximum Gasteiger partial charge on any atom is 0.409 e. The molecule has 2 atom stereocenters. The maximum atomic E-state index is 12.2. The van der Waals surface area contributed by atoms with Crippen LogP contribution in [0.5, 0.6) is 0 Å². The Morgan fingerprint density at radius 3 is 2.31 bits per heavy atom. The summed E-state index contributed by atoms with van der Waals surface area (Å²) in [7, 11) is 0. The van der Waals surface area contributed by atoms with Gasteiger partial charge in [-0.1, -0.05) is 13.8 Å². The Morgan fingerprint density at radius 2 is 1.73 bits per heavy atom. The fourth-order valence-corrected chi connectivity index (χ4v) is 4.29. The molecule has 0 spiro atoms. The van der Waals surface area contributed by atoms with E-state index in [9.17, 15) is 14.4 Å². The van der Waals surface area contributed by atoms with Gasteiger partial charge in [0.25, 0.3) is 10.9 Å². The number of nitrogens with one attached hydrogen (secondary N) is 1. The molecule has 1 aromatic rings. The summed E-state index contributed by atoms with van der Waals surface area (Å²) in [4.78, 5) is 39.9. The number of likely N-dealkylation sites (tertiary alicyclic amines) is 1. The fourth-order valence-electron chi connectivity index (χ4n) is 4.29. The molecule has 3 rings (SSSR count). The molecule has 7 heteroatoms. The van der Waals surface area contributed by atoms with Crippen molar-refractivity contribution in [3.05, 3.63) is 20.4 Å². The Labute approximate surface area is 154 Å². The highest BCUT2D eigenvalue weighted by atomic mass is 16.6. The van der Waals surface area contributed by atoms with Gasteiger partial charge in [0.2, 0.25) is 0 Å². The minimum Gasteiger partial charge on any atom is -0.450 e. The molecule has 1 amide bonds. The first kappa shape index (κ1) is 18.7. The largest absolute Gasteiger partial charge is 0.450 e. The molecule has 144 valence electrons. The molecule has 2 heterocycles. The van der Waals surface area contributed by atoms with Crippen molar-refractivity contribution in [2.45, 2.75) is 46.1 Å². The van der Waals surface area contributed by atoms with Crippen molar-refractivity contribution in [2.75, 3.05) is 43.0 Å². The summed E-state index contributed by atoms with van der Waals surface area (Å²) in [6.45, 7) is 9.38. The first-order chi connectivity index (χ1) is 12.4. The lowest BCUT2D eigenvalue weighted by Gasteiger charge is -2.38. The monoisotopic (exact) mass is 363 g/mol. The van der Waals surface area contributed by atoms with Crippen LogP contribution in [0.15, 0.2) is 9.59 Å². The Kier molecular flexibility index (Phi) is 5.53. The number of carbonyl (C=O) groups excluding carboxylic acids is 1.